The van der Waals surface area contributed by atoms with E-state index >= 15 is 0 Å². The van der Waals surface area contributed by atoms with E-state index in [-0.39, 0.29) is 18.0 Å². The first-order chi connectivity index (χ1) is 9.87. The zero-order chi connectivity index (χ0) is 15.5. The van der Waals surface area contributed by atoms with E-state index in [1.54, 1.807) is 4.90 Å². The van der Waals surface area contributed by atoms with Gasteiger partial charge in [-0.3, -0.25) is 4.79 Å². The van der Waals surface area contributed by atoms with Crippen LogP contribution in [-0.4, -0.2) is 66.2 Å². The van der Waals surface area contributed by atoms with E-state index in [1.165, 1.54) is 0 Å². The highest BCUT2D eigenvalue weighted by Gasteiger charge is 2.31. The lowest BCUT2D eigenvalue weighted by atomic mass is 10.0. The molecule has 6 nitrogen and oxygen atoms in total. The Labute approximate surface area is 126 Å². The van der Waals surface area contributed by atoms with E-state index in [0.29, 0.717) is 26.2 Å². The van der Waals surface area contributed by atoms with Crippen LogP contribution in [0.15, 0.2) is 0 Å². The van der Waals surface area contributed by atoms with Gasteiger partial charge < -0.3 is 19.9 Å². The number of nitrogens with one attached hydrogen (secondary N) is 1. The van der Waals surface area contributed by atoms with Crippen LogP contribution in [0, 0.1) is 0 Å². The number of ether oxygens (including phenoxy) is 1. The molecule has 2 amide bonds. The number of piperazine rings is 1. The molecule has 2 rings (SSSR count). The Morgan fingerprint density at radius 2 is 1.67 bits per heavy atom. The molecule has 0 bridgehead atoms. The smallest absolute Gasteiger partial charge is 0.410 e. The molecule has 120 valence electrons. The summed E-state index contributed by atoms with van der Waals surface area (Å²) >= 11 is 0. The number of rotatable bonds is 1. The van der Waals surface area contributed by atoms with Gasteiger partial charge in [0, 0.05) is 26.2 Å². The van der Waals surface area contributed by atoms with E-state index in [0.717, 1.165) is 25.8 Å². The van der Waals surface area contributed by atoms with E-state index in [1.807, 2.05) is 25.7 Å². The number of carbonyl (C=O) groups is 2. The van der Waals surface area contributed by atoms with E-state index < -0.39 is 5.60 Å². The lowest BCUT2D eigenvalue weighted by molar-refractivity contribution is -0.135. The van der Waals surface area contributed by atoms with Gasteiger partial charge in [-0.15, -0.1) is 0 Å². The average Bonchev–Trinajstić information content (AvgIpc) is 2.46. The van der Waals surface area contributed by atoms with Gasteiger partial charge in [-0.2, -0.15) is 0 Å². The zero-order valence-electron chi connectivity index (χ0n) is 13.4. The second kappa shape index (κ2) is 6.64. The predicted octanol–water partition coefficient (Wildman–Crippen LogP) is 1.21. The molecule has 2 aliphatic rings. The minimum atomic E-state index is -0.476. The topological polar surface area (TPSA) is 61.9 Å². The molecule has 6 heteroatoms. The number of nitrogens with zero attached hydrogens (tertiary/aromatic N) is 2. The van der Waals surface area contributed by atoms with Crippen molar-refractivity contribution in [1.82, 2.24) is 15.1 Å². The molecule has 2 saturated heterocycles. The van der Waals surface area contributed by atoms with Gasteiger partial charge in [0.05, 0.1) is 6.04 Å². The largest absolute Gasteiger partial charge is 0.444 e. The quantitative estimate of drug-likeness (QED) is 0.790. The number of amides is 2. The lowest BCUT2D eigenvalue weighted by Gasteiger charge is -2.37. The summed E-state index contributed by atoms with van der Waals surface area (Å²) in [5.41, 5.74) is -0.476. The molecule has 21 heavy (non-hydrogen) atoms. The molecule has 0 saturated carbocycles. The van der Waals surface area contributed by atoms with Crippen molar-refractivity contribution in [1.29, 1.82) is 0 Å². The first-order valence-electron chi connectivity index (χ1n) is 7.87. The minimum Gasteiger partial charge on any atom is -0.444 e. The first kappa shape index (κ1) is 16.1. The molecule has 0 aromatic rings. The summed E-state index contributed by atoms with van der Waals surface area (Å²) in [4.78, 5) is 27.9. The van der Waals surface area contributed by atoms with Crippen molar-refractivity contribution < 1.29 is 14.3 Å². The van der Waals surface area contributed by atoms with Gasteiger partial charge in [0.15, 0.2) is 0 Å². The molecular weight excluding hydrogens is 270 g/mol. The number of carbonyl (C=O) groups excluding carboxylic acids is 2. The monoisotopic (exact) mass is 297 g/mol. The van der Waals surface area contributed by atoms with Gasteiger partial charge in [0.25, 0.3) is 0 Å². The molecule has 0 spiro atoms. The van der Waals surface area contributed by atoms with Crippen LogP contribution >= 0.6 is 0 Å². The summed E-state index contributed by atoms with van der Waals surface area (Å²) in [6.45, 7) is 8.79. The standard InChI is InChI=1S/C15H27N3O3/c1-15(2,3)21-14(20)18-10-8-17(9-11-18)13(19)12-6-4-5-7-16-12/h12,16H,4-11H2,1-3H3/t12-/m1/s1. The van der Waals surface area contributed by atoms with Crippen LogP contribution in [0.5, 0.6) is 0 Å². The highest BCUT2D eigenvalue weighted by Crippen LogP contribution is 2.14. The normalized spacial score (nSPS) is 23.9. The fourth-order valence-electron chi connectivity index (χ4n) is 2.72. The summed E-state index contributed by atoms with van der Waals surface area (Å²) in [5, 5.41) is 3.28. The van der Waals surface area contributed by atoms with Crippen molar-refractivity contribution in [2.75, 3.05) is 32.7 Å². The van der Waals surface area contributed by atoms with Crippen LogP contribution < -0.4 is 5.32 Å². The fraction of sp³-hybridized carbons (Fsp3) is 0.867. The van der Waals surface area contributed by atoms with E-state index in [4.69, 9.17) is 4.74 Å². The summed E-state index contributed by atoms with van der Waals surface area (Å²) in [6.07, 6.45) is 2.90. The van der Waals surface area contributed by atoms with Gasteiger partial charge in [0.1, 0.15) is 5.60 Å². The predicted molar refractivity (Wildman–Crippen MR) is 80.0 cm³/mol. The number of hydrogen-bond donors (Lipinski definition) is 1. The zero-order valence-corrected chi connectivity index (χ0v) is 13.4. The molecule has 2 heterocycles. The third-order valence-electron chi connectivity index (χ3n) is 3.85. The maximum absolute atomic E-state index is 12.4. The van der Waals surface area contributed by atoms with Crippen LogP contribution in [-0.2, 0) is 9.53 Å². The third-order valence-corrected chi connectivity index (χ3v) is 3.85. The highest BCUT2D eigenvalue weighted by molar-refractivity contribution is 5.82. The molecule has 2 fully saturated rings. The molecule has 0 aromatic carbocycles. The highest BCUT2D eigenvalue weighted by atomic mass is 16.6. The van der Waals surface area contributed by atoms with Crippen molar-refractivity contribution in [2.24, 2.45) is 0 Å². The molecule has 0 aromatic heterocycles. The second-order valence-corrected chi connectivity index (χ2v) is 6.80. The van der Waals surface area contributed by atoms with E-state index in [2.05, 4.69) is 5.32 Å². The Morgan fingerprint density at radius 1 is 1.05 bits per heavy atom. The number of piperidine rings is 1. The van der Waals surface area contributed by atoms with Crippen LogP contribution in [0.3, 0.4) is 0 Å². The third kappa shape index (κ3) is 4.59. The molecule has 0 radical (unpaired) electrons. The lowest BCUT2D eigenvalue weighted by Crippen LogP contribution is -2.56. The Bertz CT molecular complexity index is 378. The Balaban J connectivity index is 1.80. The fourth-order valence-corrected chi connectivity index (χ4v) is 2.72. The average molecular weight is 297 g/mol. The van der Waals surface area contributed by atoms with Crippen LogP contribution in [0.4, 0.5) is 4.79 Å². The molecule has 0 unspecified atom stereocenters. The number of hydrogen-bond acceptors (Lipinski definition) is 4. The minimum absolute atomic E-state index is 0.0353. The van der Waals surface area contributed by atoms with Crippen LogP contribution in [0.25, 0.3) is 0 Å². The Morgan fingerprint density at radius 3 is 2.19 bits per heavy atom. The van der Waals surface area contributed by atoms with Gasteiger partial charge in [-0.05, 0) is 40.2 Å². The van der Waals surface area contributed by atoms with Gasteiger partial charge in [-0.1, -0.05) is 6.42 Å². The first-order valence-corrected chi connectivity index (χ1v) is 7.87. The van der Waals surface area contributed by atoms with Crippen LogP contribution in [0.1, 0.15) is 40.0 Å². The maximum atomic E-state index is 12.4. The molecule has 0 aliphatic carbocycles. The van der Waals surface area contributed by atoms with Gasteiger partial charge in [-0.25, -0.2) is 4.79 Å². The molecular formula is C15H27N3O3. The molecule has 2 aliphatic heterocycles. The van der Waals surface area contributed by atoms with E-state index in [9.17, 15) is 9.59 Å². The van der Waals surface area contributed by atoms with Crippen molar-refractivity contribution in [3.63, 3.8) is 0 Å². The van der Waals surface area contributed by atoms with Crippen molar-refractivity contribution in [3.05, 3.63) is 0 Å². The van der Waals surface area contributed by atoms with Gasteiger partial charge >= 0.3 is 6.09 Å². The van der Waals surface area contributed by atoms with Crippen molar-refractivity contribution >= 4 is 12.0 Å². The van der Waals surface area contributed by atoms with Crippen molar-refractivity contribution in [2.45, 2.75) is 51.7 Å². The van der Waals surface area contributed by atoms with Crippen molar-refractivity contribution in [3.8, 4) is 0 Å². The summed E-state index contributed by atoms with van der Waals surface area (Å²) < 4.78 is 5.36. The maximum Gasteiger partial charge on any atom is 0.410 e. The SMILES string of the molecule is CC(C)(C)OC(=O)N1CCN(C(=O)[C@H]2CCCCN2)CC1. The Kier molecular flexibility index (Phi) is 5.08. The second-order valence-electron chi connectivity index (χ2n) is 6.80. The Hall–Kier alpha value is -1.30. The summed E-state index contributed by atoms with van der Waals surface area (Å²) in [5.74, 6) is 0.179. The van der Waals surface area contributed by atoms with Crippen LogP contribution in [0.2, 0.25) is 0 Å². The summed E-state index contributed by atoms with van der Waals surface area (Å²) in [6, 6.07) is -0.0353. The van der Waals surface area contributed by atoms with Gasteiger partial charge in [0.2, 0.25) is 5.91 Å². The summed E-state index contributed by atoms with van der Waals surface area (Å²) in [7, 11) is 0. The molecule has 1 atom stereocenters. The molecule has 1 N–H and O–H groups in total.